The van der Waals surface area contributed by atoms with E-state index in [0.29, 0.717) is 6.42 Å². The Kier molecular flexibility index (Phi) is 5.06. The fourth-order valence-corrected chi connectivity index (χ4v) is 1.02. The van der Waals surface area contributed by atoms with Crippen molar-refractivity contribution in [2.45, 2.75) is 19.4 Å². The van der Waals surface area contributed by atoms with E-state index in [1.807, 2.05) is 0 Å². The molecule has 0 radical (unpaired) electrons. The molecule has 2 atom stereocenters. The zero-order chi connectivity index (χ0) is 10.4. The second-order valence-corrected chi connectivity index (χ2v) is 2.59. The summed E-state index contributed by atoms with van der Waals surface area (Å²) in [5.74, 6) is -1.71. The van der Waals surface area contributed by atoms with Gasteiger partial charge in [0.2, 0.25) is 0 Å². The molecule has 13 heavy (non-hydrogen) atoms. The Balaban J connectivity index is 4.39. The molecular formula is C8H15NO4. The minimum atomic E-state index is -0.942. The van der Waals surface area contributed by atoms with Crippen LogP contribution in [0, 0.1) is 5.92 Å². The Morgan fingerprint density at radius 1 is 1.23 bits per heavy atom. The summed E-state index contributed by atoms with van der Waals surface area (Å²) in [7, 11) is 2.49. The monoisotopic (exact) mass is 189 g/mol. The molecule has 5 nitrogen and oxygen atoms in total. The summed E-state index contributed by atoms with van der Waals surface area (Å²) >= 11 is 0. The first-order valence-electron chi connectivity index (χ1n) is 3.99. The summed E-state index contributed by atoms with van der Waals surface area (Å²) in [6.07, 6.45) is 0.447. The van der Waals surface area contributed by atoms with E-state index in [2.05, 4.69) is 9.47 Å². The topological polar surface area (TPSA) is 78.6 Å². The first-order chi connectivity index (χ1) is 6.08. The maximum absolute atomic E-state index is 11.1. The molecule has 0 spiro atoms. The van der Waals surface area contributed by atoms with Crippen molar-refractivity contribution in [3.63, 3.8) is 0 Å². The Bertz CT molecular complexity index is 193. The molecule has 2 N–H and O–H groups in total. The Hall–Kier alpha value is -1.10. The first-order valence-corrected chi connectivity index (χ1v) is 3.99. The summed E-state index contributed by atoms with van der Waals surface area (Å²) in [5.41, 5.74) is 5.48. The van der Waals surface area contributed by atoms with Gasteiger partial charge in [0.05, 0.1) is 20.1 Å². The van der Waals surface area contributed by atoms with Crippen molar-refractivity contribution in [1.29, 1.82) is 0 Å². The highest BCUT2D eigenvalue weighted by Crippen LogP contribution is 2.10. The molecule has 0 heterocycles. The predicted octanol–water partition coefficient (Wildman–Crippen LogP) is -0.314. The molecule has 0 amide bonds. The summed E-state index contributed by atoms with van der Waals surface area (Å²) in [6.45, 7) is 1.75. The predicted molar refractivity (Wildman–Crippen MR) is 45.8 cm³/mol. The van der Waals surface area contributed by atoms with Gasteiger partial charge in [-0.25, -0.2) is 0 Å². The smallest absolute Gasteiger partial charge is 0.323 e. The van der Waals surface area contributed by atoms with E-state index in [-0.39, 0.29) is 0 Å². The third-order valence-electron chi connectivity index (χ3n) is 1.85. The normalized spacial score (nSPS) is 14.5. The Morgan fingerprint density at radius 2 is 1.69 bits per heavy atom. The van der Waals surface area contributed by atoms with E-state index < -0.39 is 23.9 Å². The average molecular weight is 189 g/mol. The van der Waals surface area contributed by atoms with Gasteiger partial charge in [-0.2, -0.15) is 0 Å². The molecule has 0 aliphatic rings. The van der Waals surface area contributed by atoms with Crippen LogP contribution in [0.25, 0.3) is 0 Å². The van der Waals surface area contributed by atoms with Gasteiger partial charge in [-0.3, -0.25) is 9.59 Å². The fraction of sp³-hybridized carbons (Fsp3) is 0.750. The van der Waals surface area contributed by atoms with Crippen molar-refractivity contribution in [2.75, 3.05) is 14.2 Å². The van der Waals surface area contributed by atoms with Gasteiger partial charge in [0, 0.05) is 0 Å². The number of methoxy groups -OCH3 is 2. The Labute approximate surface area is 77.2 Å². The minimum Gasteiger partial charge on any atom is -0.469 e. The van der Waals surface area contributed by atoms with Gasteiger partial charge in [0.15, 0.2) is 0 Å². The van der Waals surface area contributed by atoms with E-state index in [0.717, 1.165) is 0 Å². The van der Waals surface area contributed by atoms with Crippen LogP contribution >= 0.6 is 0 Å². The van der Waals surface area contributed by atoms with Crippen LogP contribution in [-0.2, 0) is 19.1 Å². The van der Waals surface area contributed by atoms with Gasteiger partial charge in [-0.15, -0.1) is 0 Å². The third-order valence-corrected chi connectivity index (χ3v) is 1.85. The molecule has 0 saturated heterocycles. The molecular weight excluding hydrogens is 174 g/mol. The molecule has 0 aromatic heterocycles. The van der Waals surface area contributed by atoms with Crippen molar-refractivity contribution < 1.29 is 19.1 Å². The summed E-state index contributed by atoms with van der Waals surface area (Å²) in [4.78, 5) is 22.1. The fourth-order valence-electron chi connectivity index (χ4n) is 1.02. The van der Waals surface area contributed by atoms with Gasteiger partial charge >= 0.3 is 11.9 Å². The standard InChI is InChI=1S/C8H15NO4/c1-4-5(7(10)12-2)6(9)8(11)13-3/h5-6H,4,9H2,1-3H3/t5-,6-/m0/s1. The Morgan fingerprint density at radius 3 is 2.00 bits per heavy atom. The van der Waals surface area contributed by atoms with E-state index in [1.54, 1.807) is 6.92 Å². The van der Waals surface area contributed by atoms with E-state index >= 15 is 0 Å². The van der Waals surface area contributed by atoms with E-state index in [9.17, 15) is 9.59 Å². The lowest BCUT2D eigenvalue weighted by Crippen LogP contribution is -2.42. The van der Waals surface area contributed by atoms with Gasteiger partial charge < -0.3 is 15.2 Å². The summed E-state index contributed by atoms with van der Waals surface area (Å²) in [6, 6.07) is -0.942. The number of hydrogen-bond acceptors (Lipinski definition) is 5. The van der Waals surface area contributed by atoms with Gasteiger partial charge in [0.25, 0.3) is 0 Å². The zero-order valence-electron chi connectivity index (χ0n) is 8.07. The SMILES string of the molecule is CC[C@H](C(=O)OC)[C@H](N)C(=O)OC. The molecule has 0 rings (SSSR count). The van der Waals surface area contributed by atoms with Gasteiger partial charge in [0.1, 0.15) is 6.04 Å². The lowest BCUT2D eigenvalue weighted by atomic mass is 9.98. The van der Waals surface area contributed by atoms with Crippen molar-refractivity contribution in [1.82, 2.24) is 0 Å². The third kappa shape index (κ3) is 3.02. The van der Waals surface area contributed by atoms with Crippen LogP contribution in [0.2, 0.25) is 0 Å². The first kappa shape index (κ1) is 11.9. The van der Waals surface area contributed by atoms with Gasteiger partial charge in [-0.1, -0.05) is 6.92 Å². The number of esters is 2. The number of ether oxygens (including phenoxy) is 2. The molecule has 76 valence electrons. The highest BCUT2D eigenvalue weighted by atomic mass is 16.5. The number of carbonyl (C=O) groups is 2. The average Bonchev–Trinajstić information content (AvgIpc) is 2.17. The molecule has 0 unspecified atom stereocenters. The second-order valence-electron chi connectivity index (χ2n) is 2.59. The summed E-state index contributed by atoms with van der Waals surface area (Å²) < 4.78 is 8.91. The quantitative estimate of drug-likeness (QED) is 0.613. The van der Waals surface area contributed by atoms with Crippen LogP contribution in [0.5, 0.6) is 0 Å². The number of rotatable bonds is 4. The van der Waals surface area contributed by atoms with Crippen molar-refractivity contribution in [3.8, 4) is 0 Å². The van der Waals surface area contributed by atoms with Crippen LogP contribution in [0.1, 0.15) is 13.3 Å². The molecule has 0 aliphatic heterocycles. The molecule has 0 aromatic rings. The van der Waals surface area contributed by atoms with E-state index in [1.165, 1.54) is 14.2 Å². The molecule has 0 fully saturated rings. The molecule has 0 aromatic carbocycles. The van der Waals surface area contributed by atoms with E-state index in [4.69, 9.17) is 5.73 Å². The maximum atomic E-state index is 11.1. The van der Waals surface area contributed by atoms with Crippen LogP contribution in [0.4, 0.5) is 0 Å². The molecule has 0 saturated carbocycles. The van der Waals surface area contributed by atoms with Crippen molar-refractivity contribution >= 4 is 11.9 Å². The number of hydrogen-bond donors (Lipinski definition) is 1. The molecule has 0 aliphatic carbocycles. The van der Waals surface area contributed by atoms with Crippen LogP contribution in [-0.4, -0.2) is 32.2 Å². The lowest BCUT2D eigenvalue weighted by molar-refractivity contribution is -0.153. The molecule has 0 bridgehead atoms. The number of carbonyl (C=O) groups excluding carboxylic acids is 2. The van der Waals surface area contributed by atoms with Crippen LogP contribution in [0.3, 0.4) is 0 Å². The lowest BCUT2D eigenvalue weighted by Gasteiger charge is -2.17. The second kappa shape index (κ2) is 5.53. The van der Waals surface area contributed by atoms with Crippen LogP contribution < -0.4 is 5.73 Å². The highest BCUT2D eigenvalue weighted by Gasteiger charge is 2.30. The minimum absolute atomic E-state index is 0.447. The maximum Gasteiger partial charge on any atom is 0.323 e. The van der Waals surface area contributed by atoms with Gasteiger partial charge in [-0.05, 0) is 6.42 Å². The zero-order valence-corrected chi connectivity index (χ0v) is 8.07. The highest BCUT2D eigenvalue weighted by molar-refractivity contribution is 5.84. The summed E-state index contributed by atoms with van der Waals surface area (Å²) in [5, 5.41) is 0. The largest absolute Gasteiger partial charge is 0.469 e. The molecule has 5 heteroatoms. The van der Waals surface area contributed by atoms with Crippen LogP contribution in [0.15, 0.2) is 0 Å². The van der Waals surface area contributed by atoms with Crippen molar-refractivity contribution in [2.24, 2.45) is 11.7 Å². The van der Waals surface area contributed by atoms with Crippen molar-refractivity contribution in [3.05, 3.63) is 0 Å². The number of nitrogens with two attached hydrogens (primary N) is 1.